The molecule has 2 unspecified atom stereocenters. The second kappa shape index (κ2) is 10.9. The first kappa shape index (κ1) is 16.8. The molecule has 104 valence electrons. The van der Waals surface area contributed by atoms with Crippen molar-refractivity contribution in [2.45, 2.75) is 64.8 Å². The van der Waals surface area contributed by atoms with Crippen LogP contribution in [0.3, 0.4) is 0 Å². The zero-order valence-electron chi connectivity index (χ0n) is 11.1. The molecule has 0 aliphatic heterocycles. The number of hydrogen-bond acceptors (Lipinski definition) is 2. The van der Waals surface area contributed by atoms with Gasteiger partial charge in [-0.05, 0) is 18.8 Å². The maximum Gasteiger partial charge on any atom is 0.261 e. The molecule has 0 aliphatic rings. The Kier molecular flexibility index (Phi) is 10.8. The van der Waals surface area contributed by atoms with Crippen LogP contribution in [-0.4, -0.2) is 25.7 Å². The fourth-order valence-corrected chi connectivity index (χ4v) is 1.93. The highest BCUT2D eigenvalue weighted by atomic mass is 19.3. The van der Waals surface area contributed by atoms with Gasteiger partial charge in [0.1, 0.15) is 6.61 Å². The first-order valence-corrected chi connectivity index (χ1v) is 6.71. The average Bonchev–Trinajstić information content (AvgIpc) is 2.29. The molecule has 0 aliphatic carbocycles. The first-order valence-electron chi connectivity index (χ1n) is 6.71. The van der Waals surface area contributed by atoms with E-state index in [1.165, 1.54) is 19.3 Å². The number of ether oxygens (including phenoxy) is 1. The highest BCUT2D eigenvalue weighted by molar-refractivity contribution is 4.68. The standard InChI is InChI=1S/C13H27F2NO/c1-3-5-6-11(4-2)9-12(16)7-8-17-10-13(14)15/h11-13H,3-10,16H2,1-2H3. The molecule has 2 N–H and O–H groups in total. The molecule has 0 saturated heterocycles. The van der Waals surface area contributed by atoms with Crippen molar-refractivity contribution in [1.29, 1.82) is 0 Å². The molecule has 0 aromatic carbocycles. The molecule has 0 radical (unpaired) electrons. The van der Waals surface area contributed by atoms with Gasteiger partial charge in [-0.25, -0.2) is 8.78 Å². The van der Waals surface area contributed by atoms with Gasteiger partial charge >= 0.3 is 0 Å². The minimum atomic E-state index is -2.38. The van der Waals surface area contributed by atoms with Crippen LogP contribution in [0.5, 0.6) is 0 Å². The van der Waals surface area contributed by atoms with Gasteiger partial charge in [0.05, 0.1) is 0 Å². The predicted molar refractivity (Wildman–Crippen MR) is 67.3 cm³/mol. The van der Waals surface area contributed by atoms with Gasteiger partial charge in [0.25, 0.3) is 6.43 Å². The van der Waals surface area contributed by atoms with E-state index in [2.05, 4.69) is 13.8 Å². The molecule has 0 fully saturated rings. The van der Waals surface area contributed by atoms with Gasteiger partial charge in [-0.15, -0.1) is 0 Å². The summed E-state index contributed by atoms with van der Waals surface area (Å²) in [4.78, 5) is 0. The fraction of sp³-hybridized carbons (Fsp3) is 1.00. The van der Waals surface area contributed by atoms with Crippen LogP contribution in [0.1, 0.15) is 52.4 Å². The van der Waals surface area contributed by atoms with Crippen molar-refractivity contribution in [3.8, 4) is 0 Å². The summed E-state index contributed by atoms with van der Waals surface area (Å²) < 4.78 is 28.4. The molecule has 4 heteroatoms. The molecule has 0 bridgehead atoms. The summed E-state index contributed by atoms with van der Waals surface area (Å²) in [6.07, 6.45) is 4.10. The van der Waals surface area contributed by atoms with Crippen LogP contribution < -0.4 is 5.73 Å². The molecule has 0 rings (SSSR count). The Bertz CT molecular complexity index is 167. The Balaban J connectivity index is 3.56. The van der Waals surface area contributed by atoms with Gasteiger partial charge in [-0.1, -0.05) is 39.5 Å². The summed E-state index contributed by atoms with van der Waals surface area (Å²) in [5, 5.41) is 0. The third-order valence-corrected chi connectivity index (χ3v) is 3.06. The molecule has 0 aromatic rings. The number of alkyl halides is 2. The van der Waals surface area contributed by atoms with Crippen molar-refractivity contribution in [1.82, 2.24) is 0 Å². The summed E-state index contributed by atoms with van der Waals surface area (Å²) >= 11 is 0. The van der Waals surface area contributed by atoms with Gasteiger partial charge < -0.3 is 10.5 Å². The smallest absolute Gasteiger partial charge is 0.261 e. The van der Waals surface area contributed by atoms with Crippen molar-refractivity contribution in [3.05, 3.63) is 0 Å². The number of hydrogen-bond donors (Lipinski definition) is 1. The largest absolute Gasteiger partial charge is 0.375 e. The van der Waals surface area contributed by atoms with Gasteiger partial charge in [0.15, 0.2) is 0 Å². The lowest BCUT2D eigenvalue weighted by Gasteiger charge is -2.19. The van der Waals surface area contributed by atoms with E-state index >= 15 is 0 Å². The maximum atomic E-state index is 11.8. The van der Waals surface area contributed by atoms with E-state index in [-0.39, 0.29) is 6.04 Å². The van der Waals surface area contributed by atoms with Crippen molar-refractivity contribution < 1.29 is 13.5 Å². The summed E-state index contributed by atoms with van der Waals surface area (Å²) in [5.41, 5.74) is 5.97. The van der Waals surface area contributed by atoms with Gasteiger partial charge in [-0.2, -0.15) is 0 Å². The van der Waals surface area contributed by atoms with E-state index in [4.69, 9.17) is 10.5 Å². The Morgan fingerprint density at radius 1 is 1.18 bits per heavy atom. The van der Waals surface area contributed by atoms with Crippen LogP contribution in [0.15, 0.2) is 0 Å². The van der Waals surface area contributed by atoms with Crippen LogP contribution in [0.4, 0.5) is 8.78 Å². The second-order valence-electron chi connectivity index (χ2n) is 4.67. The molecule has 0 amide bonds. The number of unbranched alkanes of at least 4 members (excludes halogenated alkanes) is 1. The molecular formula is C13H27F2NO. The topological polar surface area (TPSA) is 35.2 Å². The number of halogens is 2. The fourth-order valence-electron chi connectivity index (χ4n) is 1.93. The number of rotatable bonds is 11. The highest BCUT2D eigenvalue weighted by Crippen LogP contribution is 2.18. The minimum Gasteiger partial charge on any atom is -0.375 e. The van der Waals surface area contributed by atoms with Crippen molar-refractivity contribution >= 4 is 0 Å². The molecule has 0 spiro atoms. The molecule has 0 heterocycles. The quantitative estimate of drug-likeness (QED) is 0.569. The highest BCUT2D eigenvalue weighted by Gasteiger charge is 2.12. The van der Waals surface area contributed by atoms with E-state index in [1.54, 1.807) is 0 Å². The minimum absolute atomic E-state index is 0.0782. The third kappa shape index (κ3) is 10.6. The molecule has 0 saturated carbocycles. The Morgan fingerprint density at radius 2 is 1.88 bits per heavy atom. The molecule has 2 nitrogen and oxygen atoms in total. The summed E-state index contributed by atoms with van der Waals surface area (Å²) in [5.74, 6) is 0.667. The second-order valence-corrected chi connectivity index (χ2v) is 4.67. The van der Waals surface area contributed by atoms with E-state index in [0.717, 1.165) is 12.8 Å². The molecule has 0 aromatic heterocycles. The van der Waals surface area contributed by atoms with Crippen LogP contribution in [0, 0.1) is 5.92 Å². The zero-order valence-corrected chi connectivity index (χ0v) is 11.1. The lowest BCUT2D eigenvalue weighted by atomic mass is 9.91. The lowest BCUT2D eigenvalue weighted by molar-refractivity contribution is 0.0147. The lowest BCUT2D eigenvalue weighted by Crippen LogP contribution is -2.25. The normalized spacial score (nSPS) is 15.2. The van der Waals surface area contributed by atoms with Gasteiger partial charge in [0, 0.05) is 12.6 Å². The molecule has 17 heavy (non-hydrogen) atoms. The third-order valence-electron chi connectivity index (χ3n) is 3.06. The van der Waals surface area contributed by atoms with E-state index in [1.807, 2.05) is 0 Å². The average molecular weight is 251 g/mol. The Hall–Kier alpha value is -0.220. The predicted octanol–water partition coefficient (Wildman–Crippen LogP) is 3.59. The maximum absolute atomic E-state index is 11.8. The summed E-state index contributed by atoms with van der Waals surface area (Å²) in [6, 6.07) is 0.0782. The van der Waals surface area contributed by atoms with E-state index < -0.39 is 13.0 Å². The zero-order chi connectivity index (χ0) is 13.1. The Labute approximate surface area is 104 Å². The van der Waals surface area contributed by atoms with Crippen LogP contribution in [-0.2, 0) is 4.74 Å². The Morgan fingerprint density at radius 3 is 2.41 bits per heavy atom. The van der Waals surface area contributed by atoms with E-state index in [0.29, 0.717) is 18.9 Å². The van der Waals surface area contributed by atoms with Crippen LogP contribution in [0.2, 0.25) is 0 Å². The van der Waals surface area contributed by atoms with Crippen LogP contribution >= 0.6 is 0 Å². The monoisotopic (exact) mass is 251 g/mol. The van der Waals surface area contributed by atoms with Gasteiger partial charge in [-0.3, -0.25) is 0 Å². The summed E-state index contributed by atoms with van der Waals surface area (Å²) in [6.45, 7) is 4.24. The number of nitrogens with two attached hydrogens (primary N) is 1. The van der Waals surface area contributed by atoms with Crippen LogP contribution in [0.25, 0.3) is 0 Å². The van der Waals surface area contributed by atoms with Gasteiger partial charge in [0.2, 0.25) is 0 Å². The van der Waals surface area contributed by atoms with Crippen molar-refractivity contribution in [2.75, 3.05) is 13.2 Å². The van der Waals surface area contributed by atoms with Crippen molar-refractivity contribution in [3.63, 3.8) is 0 Å². The first-order chi connectivity index (χ1) is 8.10. The summed E-state index contributed by atoms with van der Waals surface area (Å²) in [7, 11) is 0. The molecular weight excluding hydrogens is 224 g/mol. The van der Waals surface area contributed by atoms with E-state index in [9.17, 15) is 8.78 Å². The molecule has 2 atom stereocenters. The van der Waals surface area contributed by atoms with Crippen molar-refractivity contribution in [2.24, 2.45) is 11.7 Å². The SMILES string of the molecule is CCCCC(CC)CC(N)CCOCC(F)F.